The molecule has 0 fully saturated rings. The van der Waals surface area contributed by atoms with Gasteiger partial charge in [0.05, 0.1) is 13.7 Å². The van der Waals surface area contributed by atoms with Gasteiger partial charge in [-0.3, -0.25) is 9.59 Å². The summed E-state index contributed by atoms with van der Waals surface area (Å²) >= 11 is 0. The van der Waals surface area contributed by atoms with Gasteiger partial charge < -0.3 is 29.0 Å². The highest BCUT2D eigenvalue weighted by atomic mass is 16.7. The molecule has 0 aliphatic heterocycles. The van der Waals surface area contributed by atoms with Crippen LogP contribution < -0.4 is 14.8 Å². The third-order valence-corrected chi connectivity index (χ3v) is 5.95. The fourth-order valence-corrected chi connectivity index (χ4v) is 3.60. The van der Waals surface area contributed by atoms with E-state index in [4.69, 9.17) is 23.7 Å². The third kappa shape index (κ3) is 10.9. The third-order valence-electron chi connectivity index (χ3n) is 5.95. The van der Waals surface area contributed by atoms with Gasteiger partial charge in [-0.15, -0.1) is 0 Å². The maximum Gasteiger partial charge on any atom is 0.328 e. The molecule has 10 nitrogen and oxygen atoms in total. The molecule has 214 valence electrons. The molecule has 1 aromatic carbocycles. The molecular weight excluding hydrogens is 504 g/mol. The van der Waals surface area contributed by atoms with Crippen molar-refractivity contribution in [2.24, 2.45) is 11.8 Å². The Bertz CT molecular complexity index is 1060. The molecule has 0 saturated heterocycles. The van der Waals surface area contributed by atoms with Crippen LogP contribution in [0, 0.1) is 11.8 Å². The van der Waals surface area contributed by atoms with Crippen LogP contribution in [0.1, 0.15) is 57.1 Å². The average molecular weight is 545 g/mol. The number of hydrogen-bond donors (Lipinski definition) is 1. The summed E-state index contributed by atoms with van der Waals surface area (Å²) in [5.41, 5.74) is 0.985. The Hall–Kier alpha value is -3.66. The molecule has 0 saturated carbocycles. The molecular formula is C29H40N2O8. The highest BCUT2D eigenvalue weighted by Crippen LogP contribution is 2.29. The summed E-state index contributed by atoms with van der Waals surface area (Å²) in [5.74, 6) is -1.17. The molecule has 0 aliphatic carbocycles. The van der Waals surface area contributed by atoms with Crippen LogP contribution >= 0.6 is 0 Å². The summed E-state index contributed by atoms with van der Waals surface area (Å²) in [6, 6.07) is 10.5. The number of hydrogen-bond acceptors (Lipinski definition) is 9. The molecule has 0 bridgehead atoms. The van der Waals surface area contributed by atoms with E-state index in [1.807, 2.05) is 37.3 Å². The number of ether oxygens (including phenoxy) is 5. The molecule has 0 spiro atoms. The molecule has 2 rings (SSSR count). The lowest BCUT2D eigenvalue weighted by Gasteiger charge is -2.26. The van der Waals surface area contributed by atoms with Crippen LogP contribution in [0.2, 0.25) is 0 Å². The number of nitrogens with one attached hydrogen (secondary N) is 1. The van der Waals surface area contributed by atoms with Crippen molar-refractivity contribution >= 4 is 17.8 Å². The average Bonchev–Trinajstić information content (AvgIpc) is 2.90. The second-order valence-corrected chi connectivity index (χ2v) is 9.63. The minimum atomic E-state index is -0.978. The number of aromatic nitrogens is 1. The second kappa shape index (κ2) is 16.3. The first-order chi connectivity index (χ1) is 18.6. The first-order valence-electron chi connectivity index (χ1n) is 13.0. The number of carbonyl (C=O) groups is 3. The fourth-order valence-electron chi connectivity index (χ4n) is 3.60. The van der Waals surface area contributed by atoms with Crippen LogP contribution in [0.4, 0.5) is 0 Å². The quantitative estimate of drug-likeness (QED) is 0.190. The second-order valence-electron chi connectivity index (χ2n) is 9.63. The van der Waals surface area contributed by atoms with Crippen molar-refractivity contribution in [1.29, 1.82) is 0 Å². The fraction of sp³-hybridized carbons (Fsp3) is 0.517. The van der Waals surface area contributed by atoms with Crippen molar-refractivity contribution in [2.45, 2.75) is 59.6 Å². The molecule has 1 N–H and O–H groups in total. The molecule has 1 heterocycles. The molecule has 0 radical (unpaired) electrons. The molecule has 0 aliphatic rings. The number of pyridine rings is 1. The predicted octanol–water partition coefficient (Wildman–Crippen LogP) is 3.96. The van der Waals surface area contributed by atoms with Crippen molar-refractivity contribution in [3.8, 4) is 11.5 Å². The lowest BCUT2D eigenvalue weighted by molar-refractivity contribution is -0.154. The largest absolute Gasteiger partial charge is 0.493 e. The maximum absolute atomic E-state index is 13.0. The Morgan fingerprint density at radius 2 is 1.74 bits per heavy atom. The molecule has 39 heavy (non-hydrogen) atoms. The Balaban J connectivity index is 2.05. The van der Waals surface area contributed by atoms with E-state index < -0.39 is 36.8 Å². The van der Waals surface area contributed by atoms with Gasteiger partial charge in [-0.2, -0.15) is 0 Å². The Kier molecular flexibility index (Phi) is 13.2. The standard InChI is InChI=1S/C29H40N2O8/c1-19(2)13-15-36-17-24(16-23-10-8-7-9-11-23)21(4)39-29(34)20(3)31-28(33)26-27(38-18-37-22(5)32)25(35-6)12-14-30-26/h7-12,14,19-21,24H,13,15-18H2,1-6H3,(H,31,33)/t20-,21-,24+/m0/s1. The SMILES string of the molecule is COc1ccnc(C(=O)N[C@@H](C)C(=O)O[C@@H](C)[C@@H](COCCC(C)C)Cc2ccccc2)c1OCOC(C)=O. The Morgan fingerprint density at radius 3 is 2.38 bits per heavy atom. The van der Waals surface area contributed by atoms with Crippen molar-refractivity contribution in [1.82, 2.24) is 10.3 Å². The topological polar surface area (TPSA) is 122 Å². The normalized spacial score (nSPS) is 13.2. The number of carbonyl (C=O) groups excluding carboxylic acids is 3. The van der Waals surface area contributed by atoms with Gasteiger partial charge >= 0.3 is 11.9 Å². The minimum absolute atomic E-state index is 0.0193. The van der Waals surface area contributed by atoms with Gasteiger partial charge in [-0.1, -0.05) is 44.2 Å². The van der Waals surface area contributed by atoms with E-state index in [1.165, 1.54) is 33.2 Å². The van der Waals surface area contributed by atoms with Gasteiger partial charge in [0, 0.05) is 31.7 Å². The summed E-state index contributed by atoms with van der Waals surface area (Å²) in [7, 11) is 1.40. The van der Waals surface area contributed by atoms with Gasteiger partial charge in [0.25, 0.3) is 5.91 Å². The first kappa shape index (κ1) is 31.6. The number of amides is 1. The minimum Gasteiger partial charge on any atom is -0.493 e. The number of nitrogens with zero attached hydrogens (tertiary/aromatic N) is 1. The van der Waals surface area contributed by atoms with E-state index in [9.17, 15) is 14.4 Å². The molecule has 3 atom stereocenters. The summed E-state index contributed by atoms with van der Waals surface area (Å²) in [5, 5.41) is 2.60. The van der Waals surface area contributed by atoms with Crippen LogP contribution in [-0.4, -0.2) is 62.1 Å². The molecule has 10 heteroatoms. The van der Waals surface area contributed by atoms with Gasteiger partial charge in [0.2, 0.25) is 6.79 Å². The Labute approximate surface area is 230 Å². The van der Waals surface area contributed by atoms with Gasteiger partial charge in [-0.05, 0) is 38.2 Å². The predicted molar refractivity (Wildman–Crippen MR) is 144 cm³/mol. The van der Waals surface area contributed by atoms with E-state index in [-0.39, 0.29) is 23.1 Å². The van der Waals surface area contributed by atoms with E-state index in [1.54, 1.807) is 0 Å². The number of benzene rings is 1. The van der Waals surface area contributed by atoms with E-state index in [2.05, 4.69) is 24.1 Å². The van der Waals surface area contributed by atoms with Crippen molar-refractivity contribution in [3.05, 3.63) is 53.9 Å². The summed E-state index contributed by atoms with van der Waals surface area (Å²) < 4.78 is 27.1. The van der Waals surface area contributed by atoms with E-state index in [0.717, 1.165) is 12.0 Å². The summed E-state index contributed by atoms with van der Waals surface area (Å²) in [6.07, 6.45) is 2.52. The number of esters is 2. The van der Waals surface area contributed by atoms with Crippen molar-refractivity contribution in [2.75, 3.05) is 27.1 Å². The van der Waals surface area contributed by atoms with Crippen LogP contribution in [0.25, 0.3) is 0 Å². The molecule has 1 amide bonds. The zero-order chi connectivity index (χ0) is 28.8. The van der Waals surface area contributed by atoms with Crippen LogP contribution in [-0.2, 0) is 30.2 Å². The van der Waals surface area contributed by atoms with Crippen molar-refractivity contribution < 1.29 is 38.1 Å². The van der Waals surface area contributed by atoms with E-state index in [0.29, 0.717) is 25.6 Å². The molecule has 2 aromatic rings. The lowest BCUT2D eigenvalue weighted by atomic mass is 9.95. The van der Waals surface area contributed by atoms with Gasteiger partial charge in [-0.25, -0.2) is 9.78 Å². The smallest absolute Gasteiger partial charge is 0.328 e. The first-order valence-corrected chi connectivity index (χ1v) is 13.0. The number of methoxy groups -OCH3 is 1. The van der Waals surface area contributed by atoms with Crippen LogP contribution in [0.15, 0.2) is 42.6 Å². The Morgan fingerprint density at radius 1 is 1.03 bits per heavy atom. The molecule has 0 unspecified atom stereocenters. The zero-order valence-corrected chi connectivity index (χ0v) is 23.6. The summed E-state index contributed by atoms with van der Waals surface area (Å²) in [4.78, 5) is 41.1. The molecule has 1 aromatic heterocycles. The van der Waals surface area contributed by atoms with Crippen LogP contribution in [0.3, 0.4) is 0 Å². The maximum atomic E-state index is 13.0. The van der Waals surface area contributed by atoms with Gasteiger partial charge in [0.15, 0.2) is 17.2 Å². The lowest BCUT2D eigenvalue weighted by Crippen LogP contribution is -2.42. The monoisotopic (exact) mass is 544 g/mol. The highest BCUT2D eigenvalue weighted by Gasteiger charge is 2.27. The van der Waals surface area contributed by atoms with Crippen LogP contribution in [0.5, 0.6) is 11.5 Å². The summed E-state index contributed by atoms with van der Waals surface area (Å²) in [6.45, 7) is 9.50. The zero-order valence-electron chi connectivity index (χ0n) is 23.6. The van der Waals surface area contributed by atoms with Gasteiger partial charge in [0.1, 0.15) is 12.1 Å². The van der Waals surface area contributed by atoms with Crippen molar-refractivity contribution in [3.63, 3.8) is 0 Å². The van der Waals surface area contributed by atoms with E-state index >= 15 is 0 Å². The number of rotatable bonds is 16. The highest BCUT2D eigenvalue weighted by molar-refractivity contribution is 5.98.